The van der Waals surface area contributed by atoms with Gasteiger partial charge in [-0.25, -0.2) is 0 Å². The molecule has 0 radical (unpaired) electrons. The molecule has 1 aromatic carbocycles. The molecular formula is C17H18N4O2S2. The first-order valence-corrected chi connectivity index (χ1v) is 9.44. The van der Waals surface area contributed by atoms with Crippen molar-refractivity contribution < 1.29 is 9.21 Å². The van der Waals surface area contributed by atoms with E-state index in [2.05, 4.69) is 20.8 Å². The third-order valence-corrected chi connectivity index (χ3v) is 5.43. The van der Waals surface area contributed by atoms with E-state index in [0.29, 0.717) is 11.7 Å². The van der Waals surface area contributed by atoms with Gasteiger partial charge in [-0.1, -0.05) is 40.8 Å². The Hall–Kier alpha value is -2.32. The summed E-state index contributed by atoms with van der Waals surface area (Å²) < 4.78 is 6.00. The van der Waals surface area contributed by atoms with E-state index in [-0.39, 0.29) is 11.2 Å². The zero-order chi connectivity index (χ0) is 17.6. The smallest absolute Gasteiger partial charge is 0.237 e. The average Bonchev–Trinajstić information content (AvgIpc) is 3.26. The minimum Gasteiger partial charge on any atom is -0.467 e. The van der Waals surface area contributed by atoms with Gasteiger partial charge in [0.1, 0.15) is 5.76 Å². The molecule has 0 saturated carbocycles. The molecule has 0 aliphatic heterocycles. The molecule has 1 atom stereocenters. The molecule has 3 aromatic rings. The van der Waals surface area contributed by atoms with Gasteiger partial charge in [-0.15, -0.1) is 10.2 Å². The average molecular weight is 374 g/mol. The van der Waals surface area contributed by atoms with Gasteiger partial charge in [0.05, 0.1) is 18.1 Å². The summed E-state index contributed by atoms with van der Waals surface area (Å²) in [5.74, 6) is 0.768. The number of rotatable bonds is 7. The molecule has 3 rings (SSSR count). The third kappa shape index (κ3) is 5.07. The van der Waals surface area contributed by atoms with Crippen LogP contribution >= 0.6 is 23.1 Å². The van der Waals surface area contributed by atoms with E-state index in [1.165, 1.54) is 23.1 Å². The summed E-state index contributed by atoms with van der Waals surface area (Å²) in [6.07, 6.45) is 1.63. The number of aryl methyl sites for hydroxylation is 1. The molecule has 130 valence electrons. The van der Waals surface area contributed by atoms with Crippen LogP contribution in [-0.2, 0) is 11.3 Å². The summed E-state index contributed by atoms with van der Waals surface area (Å²) in [7, 11) is 0. The molecule has 2 aromatic heterocycles. The van der Waals surface area contributed by atoms with Crippen molar-refractivity contribution in [3.63, 3.8) is 0 Å². The Morgan fingerprint density at radius 2 is 2.08 bits per heavy atom. The van der Waals surface area contributed by atoms with Crippen LogP contribution in [0.3, 0.4) is 0 Å². The predicted octanol–water partition coefficient (Wildman–Crippen LogP) is 4.17. The highest BCUT2D eigenvalue weighted by molar-refractivity contribution is 8.02. The second kappa shape index (κ2) is 8.17. The molecule has 0 saturated heterocycles. The Balaban J connectivity index is 1.51. The fourth-order valence-electron chi connectivity index (χ4n) is 1.99. The van der Waals surface area contributed by atoms with Crippen molar-refractivity contribution in [2.45, 2.75) is 30.0 Å². The highest BCUT2D eigenvalue weighted by Gasteiger charge is 2.17. The van der Waals surface area contributed by atoms with Crippen molar-refractivity contribution in [2.75, 3.05) is 10.6 Å². The van der Waals surface area contributed by atoms with E-state index < -0.39 is 0 Å². The first kappa shape index (κ1) is 17.5. The van der Waals surface area contributed by atoms with Gasteiger partial charge >= 0.3 is 0 Å². The van der Waals surface area contributed by atoms with E-state index in [1.807, 2.05) is 50.2 Å². The Bertz CT molecular complexity index is 816. The van der Waals surface area contributed by atoms with E-state index in [1.54, 1.807) is 6.26 Å². The summed E-state index contributed by atoms with van der Waals surface area (Å²) in [4.78, 5) is 12.3. The zero-order valence-corrected chi connectivity index (χ0v) is 15.5. The number of hydrogen-bond acceptors (Lipinski definition) is 7. The maximum atomic E-state index is 12.3. The number of amides is 1. The third-order valence-electron chi connectivity index (χ3n) is 3.37. The number of carbonyl (C=O) groups is 1. The lowest BCUT2D eigenvalue weighted by Crippen LogP contribution is -2.22. The molecule has 6 nitrogen and oxygen atoms in total. The number of thioether (sulfide) groups is 1. The van der Waals surface area contributed by atoms with Gasteiger partial charge in [0.15, 0.2) is 4.34 Å². The van der Waals surface area contributed by atoms with Gasteiger partial charge in [0, 0.05) is 5.69 Å². The number of carbonyl (C=O) groups excluding carboxylic acids is 1. The molecule has 1 amide bonds. The first-order valence-electron chi connectivity index (χ1n) is 7.74. The SMILES string of the molecule is Cc1ccc(NC(=O)[C@H](C)Sc2nnc(NCc3ccco3)s2)cc1. The van der Waals surface area contributed by atoms with Crippen molar-refractivity contribution >= 4 is 39.8 Å². The molecule has 0 aliphatic rings. The van der Waals surface area contributed by atoms with Crippen LogP contribution in [-0.4, -0.2) is 21.4 Å². The minimum absolute atomic E-state index is 0.0610. The van der Waals surface area contributed by atoms with E-state index in [0.717, 1.165) is 21.4 Å². The van der Waals surface area contributed by atoms with Crippen LogP contribution in [0.1, 0.15) is 18.2 Å². The second-order valence-corrected chi connectivity index (χ2v) is 7.99. The van der Waals surface area contributed by atoms with Crippen LogP contribution in [0.5, 0.6) is 0 Å². The molecule has 0 unspecified atom stereocenters. The zero-order valence-electron chi connectivity index (χ0n) is 13.9. The Morgan fingerprint density at radius 1 is 1.28 bits per heavy atom. The highest BCUT2D eigenvalue weighted by Crippen LogP contribution is 2.29. The number of nitrogens with zero attached hydrogens (tertiary/aromatic N) is 2. The maximum absolute atomic E-state index is 12.3. The largest absolute Gasteiger partial charge is 0.467 e. The maximum Gasteiger partial charge on any atom is 0.237 e. The van der Waals surface area contributed by atoms with Crippen LogP contribution in [0, 0.1) is 6.92 Å². The molecule has 8 heteroatoms. The van der Waals surface area contributed by atoms with Gasteiger partial charge in [0.2, 0.25) is 11.0 Å². The highest BCUT2D eigenvalue weighted by atomic mass is 32.2. The fourth-order valence-corrected chi connectivity index (χ4v) is 3.88. The standard InChI is InChI=1S/C17H18N4O2S2/c1-11-5-7-13(8-6-11)19-15(22)12(2)24-17-21-20-16(25-17)18-10-14-4-3-9-23-14/h3-9,12H,10H2,1-2H3,(H,18,20)(H,19,22)/t12-/m0/s1. The molecule has 2 N–H and O–H groups in total. The molecular weight excluding hydrogens is 356 g/mol. The molecule has 0 fully saturated rings. The van der Waals surface area contributed by atoms with Gasteiger partial charge in [-0.05, 0) is 38.1 Å². The van der Waals surface area contributed by atoms with Crippen LogP contribution in [0.15, 0.2) is 51.4 Å². The number of benzene rings is 1. The van der Waals surface area contributed by atoms with Gasteiger partial charge in [0.25, 0.3) is 0 Å². The summed E-state index contributed by atoms with van der Waals surface area (Å²) in [6, 6.07) is 11.5. The number of nitrogens with one attached hydrogen (secondary N) is 2. The van der Waals surface area contributed by atoms with E-state index >= 15 is 0 Å². The van der Waals surface area contributed by atoms with E-state index in [4.69, 9.17) is 4.42 Å². The number of anilines is 2. The molecule has 25 heavy (non-hydrogen) atoms. The van der Waals surface area contributed by atoms with Crippen molar-refractivity contribution in [1.82, 2.24) is 10.2 Å². The number of aromatic nitrogens is 2. The van der Waals surface area contributed by atoms with E-state index in [9.17, 15) is 4.79 Å². The Morgan fingerprint density at radius 3 is 2.80 bits per heavy atom. The number of hydrogen-bond donors (Lipinski definition) is 2. The lowest BCUT2D eigenvalue weighted by molar-refractivity contribution is -0.115. The minimum atomic E-state index is -0.271. The van der Waals surface area contributed by atoms with Crippen molar-refractivity contribution in [2.24, 2.45) is 0 Å². The lowest BCUT2D eigenvalue weighted by atomic mass is 10.2. The van der Waals surface area contributed by atoms with Crippen LogP contribution in [0.2, 0.25) is 0 Å². The van der Waals surface area contributed by atoms with Gasteiger partial charge in [-0.3, -0.25) is 4.79 Å². The van der Waals surface area contributed by atoms with Gasteiger partial charge < -0.3 is 15.1 Å². The molecule has 0 aliphatic carbocycles. The normalized spacial score (nSPS) is 11.9. The quantitative estimate of drug-likeness (QED) is 0.604. The summed E-state index contributed by atoms with van der Waals surface area (Å²) in [6.45, 7) is 4.42. The summed E-state index contributed by atoms with van der Waals surface area (Å²) in [5, 5.41) is 14.7. The molecule has 0 spiro atoms. The van der Waals surface area contributed by atoms with Crippen molar-refractivity contribution in [1.29, 1.82) is 0 Å². The topological polar surface area (TPSA) is 80.0 Å². The first-order chi connectivity index (χ1) is 12.1. The fraction of sp³-hybridized carbons (Fsp3) is 0.235. The lowest BCUT2D eigenvalue weighted by Gasteiger charge is -2.10. The van der Waals surface area contributed by atoms with Crippen molar-refractivity contribution in [3.8, 4) is 0 Å². The number of furan rings is 1. The molecule has 2 heterocycles. The Kier molecular flexibility index (Phi) is 5.72. The Labute approximate surface area is 154 Å². The summed E-state index contributed by atoms with van der Waals surface area (Å²) >= 11 is 2.80. The second-order valence-electron chi connectivity index (χ2n) is 5.42. The van der Waals surface area contributed by atoms with Crippen molar-refractivity contribution in [3.05, 3.63) is 54.0 Å². The van der Waals surface area contributed by atoms with Crippen LogP contribution < -0.4 is 10.6 Å². The monoisotopic (exact) mass is 374 g/mol. The summed E-state index contributed by atoms with van der Waals surface area (Å²) in [5.41, 5.74) is 1.95. The predicted molar refractivity (Wildman–Crippen MR) is 101 cm³/mol. The van der Waals surface area contributed by atoms with Gasteiger partial charge in [-0.2, -0.15) is 0 Å². The molecule has 0 bridgehead atoms. The van der Waals surface area contributed by atoms with Crippen LogP contribution in [0.4, 0.5) is 10.8 Å². The van der Waals surface area contributed by atoms with Crippen LogP contribution in [0.25, 0.3) is 0 Å².